The summed E-state index contributed by atoms with van der Waals surface area (Å²) in [6.45, 7) is 0.380. The van der Waals surface area contributed by atoms with E-state index in [9.17, 15) is 22.5 Å². The number of nitrogens with two attached hydrogens (primary N) is 1. The molecule has 0 amide bonds. The quantitative estimate of drug-likeness (QED) is 0.697. The van der Waals surface area contributed by atoms with Gasteiger partial charge in [0.2, 0.25) is 10.0 Å². The van der Waals surface area contributed by atoms with E-state index in [0.717, 1.165) is 25.3 Å². The van der Waals surface area contributed by atoms with Crippen molar-refractivity contribution < 1.29 is 22.5 Å². The first kappa shape index (κ1) is 16.9. The average molecular weight is 346 g/mol. The largest absolute Gasteiger partial charge is 0.478 e. The minimum atomic E-state index is -3.97. The van der Waals surface area contributed by atoms with Gasteiger partial charge in [0.1, 0.15) is 0 Å². The molecule has 0 aromatic heterocycles. The van der Waals surface area contributed by atoms with Crippen molar-refractivity contribution in [3.8, 4) is 0 Å². The molecule has 1 aromatic rings. The van der Waals surface area contributed by atoms with Crippen molar-refractivity contribution in [2.24, 2.45) is 5.14 Å². The molecule has 1 unspecified atom stereocenters. The van der Waals surface area contributed by atoms with Crippen LogP contribution >= 0.6 is 0 Å². The lowest BCUT2D eigenvalue weighted by Crippen LogP contribution is -2.47. The molecule has 1 fully saturated rings. The second-order valence-corrected chi connectivity index (χ2v) is 8.74. The fourth-order valence-electron chi connectivity index (χ4n) is 2.42. The van der Waals surface area contributed by atoms with E-state index >= 15 is 0 Å². The number of anilines is 1. The zero-order chi connectivity index (χ0) is 16.5. The summed E-state index contributed by atoms with van der Waals surface area (Å²) >= 11 is 0. The molecule has 7 nitrogen and oxygen atoms in total. The van der Waals surface area contributed by atoms with Crippen molar-refractivity contribution in [1.29, 1.82) is 0 Å². The van der Waals surface area contributed by atoms with Crippen LogP contribution in [0, 0.1) is 0 Å². The van der Waals surface area contributed by atoms with Gasteiger partial charge in [-0.25, -0.2) is 18.4 Å². The number of carboxylic acid groups (broad SMARTS) is 1. The highest BCUT2D eigenvalue weighted by Gasteiger charge is 2.40. The van der Waals surface area contributed by atoms with E-state index in [1.807, 2.05) is 0 Å². The minimum absolute atomic E-state index is 0.178. The van der Waals surface area contributed by atoms with Gasteiger partial charge in [-0.2, -0.15) is 0 Å². The average Bonchev–Trinajstić information content (AvgIpc) is 2.35. The molecule has 1 saturated carbocycles. The Kier molecular flexibility index (Phi) is 4.59. The number of sulfonamides is 1. The first-order valence-corrected chi connectivity index (χ1v) is 9.74. The molecule has 22 heavy (non-hydrogen) atoms. The topological polar surface area (TPSA) is 127 Å². The molecule has 0 saturated heterocycles. The molecular formula is C13H18N2O5S2. The molecule has 1 aliphatic carbocycles. The molecule has 1 aliphatic rings. The summed E-state index contributed by atoms with van der Waals surface area (Å²) in [6, 6.07) is 3.64. The number of nitrogens with one attached hydrogen (secondary N) is 1. The highest BCUT2D eigenvalue weighted by Crippen LogP contribution is 2.37. The maximum atomic E-state index is 11.8. The summed E-state index contributed by atoms with van der Waals surface area (Å²) in [5, 5.41) is 17.2. The van der Waals surface area contributed by atoms with Gasteiger partial charge in [0.05, 0.1) is 15.2 Å². The third-order valence-electron chi connectivity index (χ3n) is 4.03. The highest BCUT2D eigenvalue weighted by atomic mass is 32.2. The van der Waals surface area contributed by atoms with Gasteiger partial charge >= 0.3 is 5.97 Å². The Morgan fingerprint density at radius 1 is 1.45 bits per heavy atom. The molecule has 9 heteroatoms. The van der Waals surface area contributed by atoms with E-state index in [1.165, 1.54) is 12.1 Å². The van der Waals surface area contributed by atoms with Crippen molar-refractivity contribution in [3.05, 3.63) is 23.8 Å². The van der Waals surface area contributed by atoms with Gasteiger partial charge in [-0.3, -0.25) is 4.21 Å². The summed E-state index contributed by atoms with van der Waals surface area (Å²) in [5.41, 5.74) is 0.111. The van der Waals surface area contributed by atoms with Crippen LogP contribution < -0.4 is 10.5 Å². The van der Waals surface area contributed by atoms with Gasteiger partial charge in [0.15, 0.2) is 0 Å². The van der Waals surface area contributed by atoms with Crippen LogP contribution in [0.25, 0.3) is 0 Å². The van der Waals surface area contributed by atoms with Gasteiger partial charge in [0, 0.05) is 29.3 Å². The summed E-state index contributed by atoms with van der Waals surface area (Å²) in [6.07, 6.45) is 4.28. The number of carbonyl (C=O) groups is 1. The van der Waals surface area contributed by atoms with Gasteiger partial charge in [-0.05, 0) is 31.0 Å². The Bertz CT molecular complexity index is 726. The third kappa shape index (κ3) is 3.31. The summed E-state index contributed by atoms with van der Waals surface area (Å²) < 4.78 is 34.1. The Balaban J connectivity index is 2.28. The molecule has 0 spiro atoms. The van der Waals surface area contributed by atoms with Gasteiger partial charge < -0.3 is 10.4 Å². The van der Waals surface area contributed by atoms with Crippen molar-refractivity contribution in [1.82, 2.24) is 0 Å². The normalized spacial score (nSPS) is 18.3. The summed E-state index contributed by atoms with van der Waals surface area (Å²) in [7, 11) is -4.98. The molecule has 0 aliphatic heterocycles. The molecule has 1 aromatic carbocycles. The van der Waals surface area contributed by atoms with E-state index in [1.54, 1.807) is 6.26 Å². The Hall–Kier alpha value is -1.45. The van der Waals surface area contributed by atoms with Crippen LogP contribution in [0.2, 0.25) is 0 Å². The standard InChI is InChI=1S/C13H18N2O5S2/c1-21(18)13(5-2-6-13)8-15-11-4-3-9(22(14,19)20)7-10(11)12(16)17/h3-4,7,15H,2,5-6,8H2,1H3,(H,16,17)(H2,14,19,20). The van der Waals surface area contributed by atoms with Crippen LogP contribution in [0.4, 0.5) is 5.69 Å². The zero-order valence-electron chi connectivity index (χ0n) is 12.0. The third-order valence-corrected chi connectivity index (χ3v) is 6.71. The number of carboxylic acids is 1. The smallest absolute Gasteiger partial charge is 0.337 e. The predicted octanol–water partition coefficient (Wildman–Crippen LogP) is 0.745. The van der Waals surface area contributed by atoms with Gasteiger partial charge in [-0.15, -0.1) is 0 Å². The van der Waals surface area contributed by atoms with Crippen LogP contribution in [0.1, 0.15) is 29.6 Å². The van der Waals surface area contributed by atoms with E-state index in [2.05, 4.69) is 5.32 Å². The zero-order valence-corrected chi connectivity index (χ0v) is 13.7. The molecule has 0 bridgehead atoms. The van der Waals surface area contributed by atoms with Gasteiger partial charge in [0.25, 0.3) is 0 Å². The summed E-state index contributed by atoms with van der Waals surface area (Å²) in [4.78, 5) is 11.1. The predicted molar refractivity (Wildman–Crippen MR) is 83.9 cm³/mol. The number of benzene rings is 1. The first-order valence-electron chi connectivity index (χ1n) is 6.63. The molecule has 0 heterocycles. The Labute approximate surface area is 131 Å². The minimum Gasteiger partial charge on any atom is -0.478 e. The maximum Gasteiger partial charge on any atom is 0.337 e. The van der Waals surface area contributed by atoms with E-state index < -0.39 is 26.8 Å². The Morgan fingerprint density at radius 2 is 2.09 bits per heavy atom. The van der Waals surface area contributed by atoms with Crippen LogP contribution in [0.15, 0.2) is 23.1 Å². The fraction of sp³-hybridized carbons (Fsp3) is 0.462. The first-order chi connectivity index (χ1) is 10.2. The number of rotatable bonds is 6. The monoisotopic (exact) mass is 346 g/mol. The van der Waals surface area contributed by atoms with E-state index in [0.29, 0.717) is 6.54 Å². The number of primary sulfonamides is 1. The van der Waals surface area contributed by atoms with Crippen molar-refractivity contribution >= 4 is 32.5 Å². The highest BCUT2D eigenvalue weighted by molar-refractivity contribution is 7.89. The van der Waals surface area contributed by atoms with Gasteiger partial charge in [-0.1, -0.05) is 6.42 Å². The van der Waals surface area contributed by atoms with E-state index in [-0.39, 0.29) is 20.9 Å². The maximum absolute atomic E-state index is 11.8. The van der Waals surface area contributed by atoms with Crippen LogP contribution in [0.5, 0.6) is 0 Å². The molecule has 4 N–H and O–H groups in total. The van der Waals surface area contributed by atoms with Crippen molar-refractivity contribution in [2.75, 3.05) is 18.1 Å². The fourth-order valence-corrected chi connectivity index (χ4v) is 4.10. The molecule has 122 valence electrons. The number of hydrogen-bond donors (Lipinski definition) is 3. The van der Waals surface area contributed by atoms with Crippen molar-refractivity contribution in [3.63, 3.8) is 0 Å². The molecule has 0 radical (unpaired) electrons. The SMILES string of the molecule is CS(=O)C1(CNc2ccc(S(N)(=O)=O)cc2C(=O)O)CCC1. The number of hydrogen-bond acceptors (Lipinski definition) is 5. The molecule has 1 atom stereocenters. The second kappa shape index (κ2) is 5.98. The lowest BCUT2D eigenvalue weighted by Gasteiger charge is -2.40. The van der Waals surface area contributed by atoms with Crippen LogP contribution in [-0.2, 0) is 20.8 Å². The second-order valence-electron chi connectivity index (χ2n) is 5.40. The lowest BCUT2D eigenvalue weighted by atomic mass is 9.84. The number of aromatic carboxylic acids is 1. The summed E-state index contributed by atoms with van der Waals surface area (Å²) in [5.74, 6) is -1.26. The van der Waals surface area contributed by atoms with Crippen LogP contribution in [-0.4, -0.2) is 41.3 Å². The Morgan fingerprint density at radius 3 is 2.50 bits per heavy atom. The molecular weight excluding hydrogens is 328 g/mol. The van der Waals surface area contributed by atoms with Crippen molar-refractivity contribution in [2.45, 2.75) is 28.9 Å². The lowest BCUT2D eigenvalue weighted by molar-refractivity contribution is 0.0697. The van der Waals surface area contributed by atoms with E-state index in [4.69, 9.17) is 5.14 Å². The van der Waals surface area contributed by atoms with Crippen LogP contribution in [0.3, 0.4) is 0 Å². The molecule has 2 rings (SSSR count).